The van der Waals surface area contributed by atoms with Crippen molar-refractivity contribution in [2.24, 2.45) is 0 Å². The minimum absolute atomic E-state index is 0. The Morgan fingerprint density at radius 1 is 0.758 bits per heavy atom. The van der Waals surface area contributed by atoms with Gasteiger partial charge < -0.3 is 9.84 Å². The molecule has 1 aliphatic rings. The summed E-state index contributed by atoms with van der Waals surface area (Å²) in [6.45, 7) is 4.16. The van der Waals surface area contributed by atoms with Crippen molar-refractivity contribution in [3.63, 3.8) is 0 Å². The van der Waals surface area contributed by atoms with Gasteiger partial charge in [-0.15, -0.1) is 24.8 Å². The first-order valence-electron chi connectivity index (χ1n) is 10.8. The molecule has 0 spiro atoms. The number of rotatable bonds is 8. The molecule has 1 aliphatic heterocycles. The van der Waals surface area contributed by atoms with Crippen LogP contribution in [0.2, 0.25) is 0 Å². The normalized spacial score (nSPS) is 15.4. The van der Waals surface area contributed by atoms with Crippen LogP contribution >= 0.6 is 24.8 Å². The van der Waals surface area contributed by atoms with Crippen molar-refractivity contribution in [2.45, 2.75) is 12.1 Å². The first-order chi connectivity index (χ1) is 15.2. The van der Waals surface area contributed by atoms with Gasteiger partial charge in [-0.3, -0.25) is 9.80 Å². The largest absolute Gasteiger partial charge is 0.488 e. The van der Waals surface area contributed by atoms with E-state index in [9.17, 15) is 9.50 Å². The maximum atomic E-state index is 13.7. The predicted octanol–water partition coefficient (Wildman–Crippen LogP) is 4.82. The maximum Gasteiger partial charge on any atom is 0.165 e. The van der Waals surface area contributed by atoms with E-state index in [1.807, 2.05) is 12.1 Å². The zero-order chi connectivity index (χ0) is 21.5. The van der Waals surface area contributed by atoms with Crippen LogP contribution in [0, 0.1) is 5.82 Å². The molecule has 0 aromatic heterocycles. The number of hydrogen-bond donors (Lipinski definition) is 1. The van der Waals surface area contributed by atoms with Crippen molar-refractivity contribution in [1.29, 1.82) is 0 Å². The summed E-state index contributed by atoms with van der Waals surface area (Å²) < 4.78 is 19.1. The Bertz CT molecular complexity index is 902. The van der Waals surface area contributed by atoms with Crippen molar-refractivity contribution >= 4 is 24.8 Å². The van der Waals surface area contributed by atoms with E-state index in [0.717, 1.165) is 26.2 Å². The van der Waals surface area contributed by atoms with Gasteiger partial charge in [-0.25, -0.2) is 4.39 Å². The van der Waals surface area contributed by atoms with Gasteiger partial charge in [0.1, 0.15) is 12.7 Å². The Labute approximate surface area is 207 Å². The lowest BCUT2D eigenvalue weighted by Crippen LogP contribution is -2.50. The highest BCUT2D eigenvalue weighted by molar-refractivity contribution is 5.85. The fourth-order valence-corrected chi connectivity index (χ4v) is 4.19. The molecule has 0 aliphatic carbocycles. The topological polar surface area (TPSA) is 35.9 Å². The van der Waals surface area contributed by atoms with Gasteiger partial charge in [-0.05, 0) is 23.3 Å². The van der Waals surface area contributed by atoms with E-state index in [2.05, 4.69) is 58.3 Å². The molecule has 4 rings (SSSR count). The second-order valence-corrected chi connectivity index (χ2v) is 7.96. The van der Waals surface area contributed by atoms with Crippen LogP contribution < -0.4 is 4.74 Å². The van der Waals surface area contributed by atoms with E-state index in [1.54, 1.807) is 18.2 Å². The number of β-amino-alcohol motifs (C(OH)–C–C–N with tert-alkyl or cyclic N) is 1. The number of nitrogens with zero attached hydrogens (tertiary/aromatic N) is 2. The van der Waals surface area contributed by atoms with Crippen LogP contribution in [-0.2, 0) is 0 Å². The Hall–Kier alpha value is -2.15. The quantitative estimate of drug-likeness (QED) is 0.489. The fourth-order valence-electron chi connectivity index (χ4n) is 4.19. The third-order valence-corrected chi connectivity index (χ3v) is 5.74. The van der Waals surface area contributed by atoms with Gasteiger partial charge in [0.2, 0.25) is 0 Å². The van der Waals surface area contributed by atoms with Crippen LogP contribution in [0.1, 0.15) is 17.2 Å². The number of para-hydroxylation sites is 1. The van der Waals surface area contributed by atoms with Crippen LogP contribution in [0.4, 0.5) is 4.39 Å². The van der Waals surface area contributed by atoms with Crippen LogP contribution in [0.25, 0.3) is 0 Å². The van der Waals surface area contributed by atoms with E-state index in [1.165, 1.54) is 17.2 Å². The van der Waals surface area contributed by atoms with Gasteiger partial charge in [-0.2, -0.15) is 0 Å². The molecule has 0 amide bonds. The molecule has 1 N–H and O–H groups in total. The lowest BCUT2D eigenvalue weighted by atomic mass is 9.96. The van der Waals surface area contributed by atoms with Gasteiger partial charge in [0.15, 0.2) is 11.6 Å². The Balaban J connectivity index is 0.00000193. The number of halogens is 3. The van der Waals surface area contributed by atoms with Gasteiger partial charge >= 0.3 is 0 Å². The first-order valence-corrected chi connectivity index (χ1v) is 10.8. The Morgan fingerprint density at radius 2 is 1.27 bits per heavy atom. The molecule has 4 nitrogen and oxygen atoms in total. The number of aliphatic hydroxyl groups is 1. The standard InChI is InChI=1S/C26H29FN2O2.2ClH/c27-24-13-7-8-14-25(24)31-20-23(30)19-28-15-17-29(18-16-28)26(21-9-3-1-4-10-21)22-11-5-2-6-12-22;;/h1-14,23,26,30H,15-20H2;2*1H. The molecule has 0 radical (unpaired) electrons. The minimum Gasteiger partial charge on any atom is -0.488 e. The highest BCUT2D eigenvalue weighted by Crippen LogP contribution is 2.29. The fraction of sp³-hybridized carbons (Fsp3) is 0.308. The summed E-state index contributed by atoms with van der Waals surface area (Å²) in [5.74, 6) is -0.226. The lowest BCUT2D eigenvalue weighted by Gasteiger charge is -2.40. The molecule has 3 aromatic rings. The van der Waals surface area contributed by atoms with Crippen LogP contribution in [0.5, 0.6) is 5.75 Å². The van der Waals surface area contributed by atoms with Crippen LogP contribution in [0.3, 0.4) is 0 Å². The van der Waals surface area contributed by atoms with Gasteiger partial charge in [0, 0.05) is 32.7 Å². The number of piperazine rings is 1. The maximum absolute atomic E-state index is 13.7. The van der Waals surface area contributed by atoms with Gasteiger partial charge in [0.05, 0.1) is 6.04 Å². The number of benzene rings is 3. The van der Waals surface area contributed by atoms with Gasteiger partial charge in [-0.1, -0.05) is 72.8 Å². The SMILES string of the molecule is Cl.Cl.OC(COc1ccccc1F)CN1CCN(C(c2ccccc2)c2ccccc2)CC1. The number of ether oxygens (including phenoxy) is 1. The molecule has 1 heterocycles. The second kappa shape index (κ2) is 13.5. The molecule has 0 bridgehead atoms. The highest BCUT2D eigenvalue weighted by Gasteiger charge is 2.27. The lowest BCUT2D eigenvalue weighted by molar-refractivity contribution is 0.0393. The molecule has 33 heavy (non-hydrogen) atoms. The zero-order valence-corrected chi connectivity index (χ0v) is 20.1. The molecule has 0 saturated carbocycles. The monoisotopic (exact) mass is 492 g/mol. The summed E-state index contributed by atoms with van der Waals surface area (Å²) in [6, 6.07) is 27.7. The van der Waals surface area contributed by atoms with Crippen molar-refractivity contribution in [3.8, 4) is 5.75 Å². The van der Waals surface area contributed by atoms with E-state index in [-0.39, 0.29) is 43.2 Å². The summed E-state index contributed by atoms with van der Waals surface area (Å²) in [5.41, 5.74) is 2.58. The zero-order valence-electron chi connectivity index (χ0n) is 18.4. The molecule has 178 valence electrons. The molecule has 7 heteroatoms. The van der Waals surface area contributed by atoms with Gasteiger partial charge in [0.25, 0.3) is 0 Å². The average Bonchev–Trinajstić information content (AvgIpc) is 2.81. The molecule has 1 saturated heterocycles. The number of hydrogen-bond acceptors (Lipinski definition) is 4. The minimum atomic E-state index is -0.662. The van der Waals surface area contributed by atoms with Crippen molar-refractivity contribution < 1.29 is 14.2 Å². The van der Waals surface area contributed by atoms with Crippen molar-refractivity contribution in [3.05, 3.63) is 102 Å². The summed E-state index contributed by atoms with van der Waals surface area (Å²) in [7, 11) is 0. The highest BCUT2D eigenvalue weighted by atomic mass is 35.5. The smallest absolute Gasteiger partial charge is 0.165 e. The van der Waals surface area contributed by atoms with E-state index < -0.39 is 11.9 Å². The third kappa shape index (κ3) is 7.42. The van der Waals surface area contributed by atoms with E-state index in [0.29, 0.717) is 6.54 Å². The van der Waals surface area contributed by atoms with Crippen molar-refractivity contribution in [2.75, 3.05) is 39.3 Å². The molecule has 3 aromatic carbocycles. The Morgan fingerprint density at radius 3 is 1.82 bits per heavy atom. The summed E-state index contributed by atoms with van der Waals surface area (Å²) in [5, 5.41) is 10.4. The molecular weight excluding hydrogens is 462 g/mol. The summed E-state index contributed by atoms with van der Waals surface area (Å²) in [4.78, 5) is 4.75. The first kappa shape index (κ1) is 27.1. The Kier molecular flexibility index (Phi) is 11.1. The molecular formula is C26H31Cl2FN2O2. The molecule has 1 unspecified atom stereocenters. The van der Waals surface area contributed by atoms with E-state index in [4.69, 9.17) is 4.74 Å². The molecule has 1 atom stereocenters. The number of aliphatic hydroxyl groups excluding tert-OH is 1. The van der Waals surface area contributed by atoms with Crippen molar-refractivity contribution in [1.82, 2.24) is 9.80 Å². The molecule has 1 fully saturated rings. The van der Waals surface area contributed by atoms with Crippen LogP contribution in [-0.4, -0.2) is 60.3 Å². The second-order valence-electron chi connectivity index (χ2n) is 7.96. The average molecular weight is 493 g/mol. The van der Waals surface area contributed by atoms with E-state index >= 15 is 0 Å². The summed E-state index contributed by atoms with van der Waals surface area (Å²) in [6.07, 6.45) is -0.662. The third-order valence-electron chi connectivity index (χ3n) is 5.74. The summed E-state index contributed by atoms with van der Waals surface area (Å²) >= 11 is 0. The predicted molar refractivity (Wildman–Crippen MR) is 135 cm³/mol. The van der Waals surface area contributed by atoms with Crippen LogP contribution in [0.15, 0.2) is 84.9 Å².